The van der Waals surface area contributed by atoms with E-state index in [-0.39, 0.29) is 17.3 Å². The van der Waals surface area contributed by atoms with Crippen LogP contribution in [0.5, 0.6) is 0 Å². The first-order chi connectivity index (χ1) is 13.9. The third kappa shape index (κ3) is 4.76. The second-order valence-electron chi connectivity index (χ2n) is 6.92. The first kappa shape index (κ1) is 20.9. The van der Waals surface area contributed by atoms with Crippen LogP contribution in [0.2, 0.25) is 0 Å². The number of rotatable bonds is 7. The highest BCUT2D eigenvalue weighted by Gasteiger charge is 2.37. The van der Waals surface area contributed by atoms with E-state index in [9.17, 15) is 24.3 Å². The monoisotopic (exact) mass is 414 g/mol. The average Bonchev–Trinajstić information content (AvgIpc) is 3.36. The third-order valence-corrected chi connectivity index (χ3v) is 6.08. The van der Waals surface area contributed by atoms with E-state index in [4.69, 9.17) is 0 Å². The van der Waals surface area contributed by atoms with E-state index in [1.807, 2.05) is 0 Å². The van der Waals surface area contributed by atoms with Gasteiger partial charge in [0.1, 0.15) is 6.04 Å². The number of nitrogens with zero attached hydrogens (tertiary/aromatic N) is 2. The molecule has 1 aromatic heterocycles. The number of amides is 1. The number of aromatic nitrogens is 1. The van der Waals surface area contributed by atoms with Gasteiger partial charge >= 0.3 is 5.97 Å². The van der Waals surface area contributed by atoms with Crippen LogP contribution in [0.15, 0.2) is 48.7 Å². The first-order valence-corrected chi connectivity index (χ1v) is 10.2. The van der Waals surface area contributed by atoms with Crippen LogP contribution < -0.4 is 0 Å². The minimum Gasteiger partial charge on any atom is -0.480 e. The Bertz CT molecular complexity index is 924. The molecule has 0 radical (unpaired) electrons. The highest BCUT2D eigenvalue weighted by Crippen LogP contribution is 2.27. The topological polar surface area (TPSA) is 96.7 Å². The van der Waals surface area contributed by atoms with Gasteiger partial charge < -0.3 is 14.6 Å². The molecule has 0 saturated carbocycles. The van der Waals surface area contributed by atoms with Gasteiger partial charge in [0.15, 0.2) is 5.78 Å². The Balaban J connectivity index is 1.81. The van der Waals surface area contributed by atoms with E-state index in [1.165, 1.54) is 4.90 Å². The molecule has 1 fully saturated rings. The number of benzene rings is 1. The second kappa shape index (κ2) is 9.09. The first-order valence-electron chi connectivity index (χ1n) is 9.32. The molecule has 0 aliphatic carbocycles. The van der Waals surface area contributed by atoms with Crippen molar-refractivity contribution in [2.45, 2.75) is 30.6 Å². The number of likely N-dealkylation sites (tertiary alicyclic amines) is 1. The van der Waals surface area contributed by atoms with Crippen molar-refractivity contribution in [3.05, 3.63) is 59.9 Å². The number of carbonyl (C=O) groups is 4. The number of hydrogen-bond donors (Lipinski definition) is 1. The van der Waals surface area contributed by atoms with E-state index in [0.717, 1.165) is 11.8 Å². The molecule has 8 heteroatoms. The zero-order valence-corrected chi connectivity index (χ0v) is 16.8. The van der Waals surface area contributed by atoms with E-state index in [2.05, 4.69) is 0 Å². The van der Waals surface area contributed by atoms with Crippen molar-refractivity contribution >= 4 is 34.5 Å². The number of hydrogen-bond acceptors (Lipinski definition) is 5. The van der Waals surface area contributed by atoms with Crippen molar-refractivity contribution in [1.29, 1.82) is 0 Å². The van der Waals surface area contributed by atoms with Gasteiger partial charge in [0.05, 0.1) is 10.9 Å². The van der Waals surface area contributed by atoms with Crippen LogP contribution in [0.4, 0.5) is 0 Å². The van der Waals surface area contributed by atoms with Gasteiger partial charge in [-0.15, -0.1) is 0 Å². The lowest BCUT2D eigenvalue weighted by molar-refractivity contribution is -0.148. The molecule has 2 aromatic rings. The summed E-state index contributed by atoms with van der Waals surface area (Å²) in [7, 11) is 1.72. The number of carbonyl (C=O) groups excluding carboxylic acids is 3. The molecule has 1 saturated heterocycles. The minimum atomic E-state index is -1.05. The third-order valence-electron chi connectivity index (χ3n) is 4.97. The highest BCUT2D eigenvalue weighted by molar-refractivity contribution is 8.15. The van der Waals surface area contributed by atoms with E-state index in [1.54, 1.807) is 60.3 Å². The molecule has 29 heavy (non-hydrogen) atoms. The summed E-state index contributed by atoms with van der Waals surface area (Å²) >= 11 is 0.813. The molecule has 1 N–H and O–H groups in total. The smallest absolute Gasteiger partial charge is 0.326 e. The minimum absolute atomic E-state index is 0.225. The van der Waals surface area contributed by atoms with E-state index in [0.29, 0.717) is 30.6 Å². The normalized spacial score (nSPS) is 17.1. The summed E-state index contributed by atoms with van der Waals surface area (Å²) in [5.74, 6) is -1.80. The molecule has 1 aromatic carbocycles. The van der Waals surface area contributed by atoms with Crippen molar-refractivity contribution < 1.29 is 24.3 Å². The molecule has 1 unspecified atom stereocenters. The van der Waals surface area contributed by atoms with Crippen LogP contribution in [0.3, 0.4) is 0 Å². The molecule has 0 spiro atoms. The average molecular weight is 414 g/mol. The number of Topliss-reactive ketones (excluding diaryl/α,β-unsaturated/α-hetero) is 1. The lowest BCUT2D eigenvalue weighted by Gasteiger charge is -2.23. The quantitative estimate of drug-likeness (QED) is 0.700. The summed E-state index contributed by atoms with van der Waals surface area (Å²) in [5.41, 5.74) is 0.839. The maximum atomic E-state index is 13.1. The molecule has 7 nitrogen and oxygen atoms in total. The maximum absolute atomic E-state index is 13.1. The number of ketones is 1. The van der Waals surface area contributed by atoms with Gasteiger partial charge in [0, 0.05) is 31.8 Å². The van der Waals surface area contributed by atoms with Crippen molar-refractivity contribution in [1.82, 2.24) is 9.47 Å². The van der Waals surface area contributed by atoms with Crippen LogP contribution in [-0.4, -0.2) is 55.2 Å². The Morgan fingerprint density at radius 1 is 1.14 bits per heavy atom. The largest absolute Gasteiger partial charge is 0.480 e. The molecular weight excluding hydrogens is 392 g/mol. The Labute approximate surface area is 172 Å². The second-order valence-corrected chi connectivity index (χ2v) is 8.09. The fraction of sp³-hybridized carbons (Fsp3) is 0.333. The lowest BCUT2D eigenvalue weighted by atomic mass is 10.1. The van der Waals surface area contributed by atoms with Gasteiger partial charge in [-0.2, -0.15) is 0 Å². The summed E-state index contributed by atoms with van der Waals surface area (Å²) in [6.07, 6.45) is 2.50. The summed E-state index contributed by atoms with van der Waals surface area (Å²) in [6, 6.07) is 11.0. The van der Waals surface area contributed by atoms with Gasteiger partial charge in [-0.3, -0.25) is 14.4 Å². The Kier molecular flexibility index (Phi) is 6.53. The Morgan fingerprint density at radius 3 is 2.48 bits per heavy atom. The van der Waals surface area contributed by atoms with Crippen molar-refractivity contribution in [3.8, 4) is 0 Å². The van der Waals surface area contributed by atoms with Crippen LogP contribution in [-0.2, 0) is 16.6 Å². The molecule has 2 heterocycles. The van der Waals surface area contributed by atoms with E-state index < -0.39 is 23.2 Å². The van der Waals surface area contributed by atoms with Gasteiger partial charge in [-0.1, -0.05) is 42.1 Å². The maximum Gasteiger partial charge on any atom is 0.326 e. The van der Waals surface area contributed by atoms with Gasteiger partial charge in [-0.25, -0.2) is 4.79 Å². The SMILES string of the molecule is Cn1cccc1C(=O)C(CC(=O)N1CCC[C@H]1C(=O)O)SC(=O)c1ccccc1. The van der Waals surface area contributed by atoms with Gasteiger partial charge in [-0.05, 0) is 25.0 Å². The summed E-state index contributed by atoms with van der Waals surface area (Å²) in [4.78, 5) is 51.3. The molecule has 2 atom stereocenters. The Hall–Kier alpha value is -2.87. The van der Waals surface area contributed by atoms with Crippen molar-refractivity contribution in [2.24, 2.45) is 7.05 Å². The summed E-state index contributed by atoms with van der Waals surface area (Å²) in [5, 5.41) is 8.10. The standard InChI is InChI=1S/C21H22N2O5S/c1-22-11-5-9-15(22)19(25)17(29-21(28)14-7-3-2-4-8-14)13-18(24)23-12-6-10-16(23)20(26)27/h2-5,7-9,11,16-17H,6,10,12-13H2,1H3,(H,26,27)/t16-,17?/m0/s1. The Morgan fingerprint density at radius 2 is 1.86 bits per heavy atom. The number of aliphatic carboxylic acids is 1. The number of thioether (sulfide) groups is 1. The number of carboxylic acid groups (broad SMARTS) is 1. The fourth-order valence-electron chi connectivity index (χ4n) is 3.44. The predicted molar refractivity (Wildman–Crippen MR) is 109 cm³/mol. The molecule has 152 valence electrons. The zero-order valence-electron chi connectivity index (χ0n) is 16.0. The summed E-state index contributed by atoms with van der Waals surface area (Å²) < 4.78 is 1.64. The predicted octanol–water partition coefficient (Wildman–Crippen LogP) is 2.62. The molecule has 3 rings (SSSR count). The summed E-state index contributed by atoms with van der Waals surface area (Å²) in [6.45, 7) is 0.345. The van der Waals surface area contributed by atoms with Crippen LogP contribution in [0, 0.1) is 0 Å². The van der Waals surface area contributed by atoms with Crippen molar-refractivity contribution in [3.63, 3.8) is 0 Å². The molecular formula is C21H22N2O5S. The molecule has 1 aliphatic heterocycles. The van der Waals surface area contributed by atoms with Crippen molar-refractivity contribution in [2.75, 3.05) is 6.54 Å². The highest BCUT2D eigenvalue weighted by atomic mass is 32.2. The van der Waals surface area contributed by atoms with Crippen LogP contribution >= 0.6 is 11.8 Å². The fourth-order valence-corrected chi connectivity index (χ4v) is 4.42. The van der Waals surface area contributed by atoms with Crippen LogP contribution in [0.1, 0.15) is 40.1 Å². The molecule has 1 amide bonds. The molecule has 0 bridgehead atoms. The lowest BCUT2D eigenvalue weighted by Crippen LogP contribution is -2.42. The number of carboxylic acids is 1. The van der Waals surface area contributed by atoms with Gasteiger partial charge in [0.25, 0.3) is 0 Å². The van der Waals surface area contributed by atoms with E-state index >= 15 is 0 Å². The number of aryl methyl sites for hydroxylation is 1. The zero-order chi connectivity index (χ0) is 21.0. The van der Waals surface area contributed by atoms with Crippen LogP contribution in [0.25, 0.3) is 0 Å². The van der Waals surface area contributed by atoms with Gasteiger partial charge in [0.2, 0.25) is 11.0 Å². The molecule has 1 aliphatic rings.